The lowest BCUT2D eigenvalue weighted by Crippen LogP contribution is -2.29. The summed E-state index contributed by atoms with van der Waals surface area (Å²) in [5.74, 6) is 0.119. The maximum Gasteiger partial charge on any atom is 0.177 e. The highest BCUT2D eigenvalue weighted by Crippen LogP contribution is 2.66. The highest BCUT2D eigenvalue weighted by atomic mass is 35.5. The van der Waals surface area contributed by atoms with Crippen molar-refractivity contribution in [1.82, 2.24) is 0 Å². The SMILES string of the molecule is CCC1CC2CC13Cc1c(ccc(N)c1F)C3=C(Cl)C2=O. The maximum atomic E-state index is 14.4. The quantitative estimate of drug-likeness (QED) is 0.799. The van der Waals surface area contributed by atoms with Gasteiger partial charge in [-0.2, -0.15) is 0 Å². The van der Waals surface area contributed by atoms with E-state index in [1.807, 2.05) is 6.07 Å². The third-order valence-corrected chi connectivity index (χ3v) is 6.17. The Labute approximate surface area is 128 Å². The number of anilines is 1. The zero-order valence-electron chi connectivity index (χ0n) is 11.9. The molecule has 0 amide bonds. The van der Waals surface area contributed by atoms with Crippen molar-refractivity contribution in [2.45, 2.75) is 32.6 Å². The molecule has 3 aliphatic carbocycles. The van der Waals surface area contributed by atoms with Crippen LogP contribution in [0.2, 0.25) is 0 Å². The second-order valence-electron chi connectivity index (χ2n) is 6.62. The average Bonchev–Trinajstić information content (AvgIpc) is 2.98. The molecule has 4 heteroatoms. The van der Waals surface area contributed by atoms with Crippen LogP contribution in [0, 0.1) is 23.1 Å². The van der Waals surface area contributed by atoms with Crippen molar-refractivity contribution in [3.8, 4) is 0 Å². The number of nitrogens with two attached hydrogens (primary N) is 1. The first kappa shape index (κ1) is 13.3. The fourth-order valence-corrected chi connectivity index (χ4v) is 5.34. The van der Waals surface area contributed by atoms with Crippen LogP contribution in [0.25, 0.3) is 5.57 Å². The molecule has 0 radical (unpaired) electrons. The molecule has 0 aromatic heterocycles. The zero-order chi connectivity index (χ0) is 14.9. The molecular weight excluding hydrogens is 289 g/mol. The van der Waals surface area contributed by atoms with Gasteiger partial charge in [-0.25, -0.2) is 4.39 Å². The normalized spacial score (nSPS) is 33.4. The predicted octanol–water partition coefficient (Wildman–Crippen LogP) is 3.92. The lowest BCUT2D eigenvalue weighted by Gasteiger charge is -2.35. The van der Waals surface area contributed by atoms with Crippen LogP contribution in [0.5, 0.6) is 0 Å². The number of benzene rings is 1. The Bertz CT molecular complexity index is 711. The molecule has 1 saturated carbocycles. The number of nitrogen functional groups attached to an aromatic ring is 1. The number of ketones is 1. The molecule has 2 nitrogen and oxygen atoms in total. The van der Waals surface area contributed by atoms with E-state index in [0.717, 1.165) is 30.4 Å². The van der Waals surface area contributed by atoms with E-state index >= 15 is 0 Å². The van der Waals surface area contributed by atoms with Crippen LogP contribution in [0.1, 0.15) is 37.3 Å². The van der Waals surface area contributed by atoms with Crippen molar-refractivity contribution in [3.63, 3.8) is 0 Å². The summed E-state index contributed by atoms with van der Waals surface area (Å²) < 4.78 is 14.4. The van der Waals surface area contributed by atoms with Crippen LogP contribution < -0.4 is 5.73 Å². The van der Waals surface area contributed by atoms with Gasteiger partial charge in [0.2, 0.25) is 0 Å². The Morgan fingerprint density at radius 3 is 2.95 bits per heavy atom. The number of halogens is 2. The van der Waals surface area contributed by atoms with Gasteiger partial charge >= 0.3 is 0 Å². The van der Waals surface area contributed by atoms with Gasteiger partial charge in [0, 0.05) is 11.3 Å². The Balaban J connectivity index is 2.02. The summed E-state index contributed by atoms with van der Waals surface area (Å²) in [6, 6.07) is 3.41. The fraction of sp³-hybridized carbons (Fsp3) is 0.471. The van der Waals surface area contributed by atoms with Gasteiger partial charge in [0.25, 0.3) is 0 Å². The van der Waals surface area contributed by atoms with Crippen molar-refractivity contribution >= 4 is 28.6 Å². The minimum absolute atomic E-state index is 0.0147. The molecule has 1 aromatic rings. The summed E-state index contributed by atoms with van der Waals surface area (Å²) in [5.41, 5.74) is 8.09. The predicted molar refractivity (Wildman–Crippen MR) is 81.2 cm³/mol. The molecule has 4 rings (SSSR count). The number of hydrogen-bond acceptors (Lipinski definition) is 2. The highest BCUT2D eigenvalue weighted by molar-refractivity contribution is 6.46. The molecule has 3 atom stereocenters. The lowest BCUT2D eigenvalue weighted by atomic mass is 9.69. The maximum absolute atomic E-state index is 14.4. The molecule has 3 unspecified atom stereocenters. The summed E-state index contributed by atoms with van der Waals surface area (Å²) in [5, 5.41) is 0.338. The lowest BCUT2D eigenvalue weighted by molar-refractivity contribution is -0.118. The first-order valence-corrected chi connectivity index (χ1v) is 7.89. The molecule has 0 aliphatic heterocycles. The number of allylic oxidation sites excluding steroid dienone is 2. The van der Waals surface area contributed by atoms with Gasteiger partial charge in [-0.1, -0.05) is 31.0 Å². The van der Waals surface area contributed by atoms with Gasteiger partial charge in [0.15, 0.2) is 5.78 Å². The van der Waals surface area contributed by atoms with Gasteiger partial charge in [-0.05, 0) is 47.9 Å². The molecular formula is C17H17ClFNO. The summed E-state index contributed by atoms with van der Waals surface area (Å²) in [4.78, 5) is 12.4. The van der Waals surface area contributed by atoms with Crippen molar-refractivity contribution < 1.29 is 9.18 Å². The van der Waals surface area contributed by atoms with Crippen molar-refractivity contribution in [2.24, 2.45) is 17.3 Å². The Hall–Kier alpha value is -1.35. The van der Waals surface area contributed by atoms with Crippen LogP contribution in [-0.4, -0.2) is 5.78 Å². The third kappa shape index (κ3) is 1.45. The molecule has 1 aromatic carbocycles. The summed E-state index contributed by atoms with van der Waals surface area (Å²) in [6.07, 6.45) is 3.31. The molecule has 21 heavy (non-hydrogen) atoms. The number of fused-ring (bicyclic) bond motifs is 3. The van der Waals surface area contributed by atoms with E-state index in [9.17, 15) is 9.18 Å². The van der Waals surface area contributed by atoms with Crippen LogP contribution in [0.4, 0.5) is 10.1 Å². The van der Waals surface area contributed by atoms with Gasteiger partial charge in [0.1, 0.15) is 5.82 Å². The van der Waals surface area contributed by atoms with Gasteiger partial charge < -0.3 is 5.73 Å². The van der Waals surface area contributed by atoms with Crippen LogP contribution >= 0.6 is 11.6 Å². The van der Waals surface area contributed by atoms with E-state index < -0.39 is 0 Å². The Morgan fingerprint density at radius 1 is 1.48 bits per heavy atom. The van der Waals surface area contributed by atoms with Crippen LogP contribution in [-0.2, 0) is 11.2 Å². The third-order valence-electron chi connectivity index (χ3n) is 5.79. The molecule has 0 saturated heterocycles. The number of carbonyl (C=O) groups is 1. The Kier molecular flexibility index (Phi) is 2.60. The minimum Gasteiger partial charge on any atom is -0.396 e. The zero-order valence-corrected chi connectivity index (χ0v) is 12.6. The Morgan fingerprint density at radius 2 is 2.24 bits per heavy atom. The molecule has 2 bridgehead atoms. The molecule has 110 valence electrons. The summed E-state index contributed by atoms with van der Waals surface area (Å²) >= 11 is 6.41. The second kappa shape index (κ2) is 4.10. The van der Waals surface area contributed by atoms with Crippen molar-refractivity contribution in [1.29, 1.82) is 0 Å². The van der Waals surface area contributed by atoms with Gasteiger partial charge in [0.05, 0.1) is 10.7 Å². The minimum atomic E-state index is -0.334. The topological polar surface area (TPSA) is 43.1 Å². The molecule has 1 fully saturated rings. The first-order valence-electron chi connectivity index (χ1n) is 7.51. The molecule has 2 N–H and O–H groups in total. The standard InChI is InChI=1S/C17H17ClFNO/c1-2-9-5-8-6-17(9)7-11-10(3-4-12(20)15(11)19)13(17)14(18)16(8)21/h3-4,8-9H,2,5-7,20H2,1H3. The van der Waals surface area contributed by atoms with Crippen LogP contribution in [0.3, 0.4) is 0 Å². The number of Topliss-reactive ketones (excluding diaryl/α,β-unsaturated/α-hetero) is 1. The molecule has 0 heterocycles. The van der Waals surface area contributed by atoms with E-state index in [0.29, 0.717) is 22.9 Å². The number of hydrogen-bond donors (Lipinski definition) is 1. The largest absolute Gasteiger partial charge is 0.396 e. The van der Waals surface area contributed by atoms with E-state index in [1.165, 1.54) is 0 Å². The fourth-order valence-electron chi connectivity index (χ4n) is 4.90. The smallest absolute Gasteiger partial charge is 0.177 e. The highest BCUT2D eigenvalue weighted by Gasteiger charge is 2.59. The van der Waals surface area contributed by atoms with E-state index in [-0.39, 0.29) is 28.6 Å². The number of rotatable bonds is 1. The number of carbonyl (C=O) groups excluding carboxylic acids is 1. The van der Waals surface area contributed by atoms with E-state index in [2.05, 4.69) is 6.92 Å². The van der Waals surface area contributed by atoms with Gasteiger partial charge in [-0.15, -0.1) is 0 Å². The molecule has 1 spiro atoms. The van der Waals surface area contributed by atoms with Gasteiger partial charge in [-0.3, -0.25) is 4.79 Å². The van der Waals surface area contributed by atoms with E-state index in [4.69, 9.17) is 17.3 Å². The first-order chi connectivity index (χ1) is 9.99. The molecule has 3 aliphatic rings. The summed E-state index contributed by atoms with van der Waals surface area (Å²) in [7, 11) is 0. The van der Waals surface area contributed by atoms with Crippen molar-refractivity contribution in [3.05, 3.63) is 34.1 Å². The monoisotopic (exact) mass is 305 g/mol. The van der Waals surface area contributed by atoms with Crippen LogP contribution in [0.15, 0.2) is 17.2 Å². The second-order valence-corrected chi connectivity index (χ2v) is 7.00. The van der Waals surface area contributed by atoms with E-state index in [1.54, 1.807) is 6.07 Å². The summed E-state index contributed by atoms with van der Waals surface area (Å²) in [6.45, 7) is 2.14. The average molecular weight is 306 g/mol. The van der Waals surface area contributed by atoms with Crippen molar-refractivity contribution in [2.75, 3.05) is 5.73 Å².